The summed E-state index contributed by atoms with van der Waals surface area (Å²) in [6.07, 6.45) is 0.785. The van der Waals surface area contributed by atoms with Crippen molar-refractivity contribution in [3.8, 4) is 0 Å². The van der Waals surface area contributed by atoms with Gasteiger partial charge >= 0.3 is 0 Å². The van der Waals surface area contributed by atoms with E-state index in [-0.39, 0.29) is 18.9 Å². The molecule has 96 valence electrons. The smallest absolute Gasteiger partial charge is 0.248 e. The Bertz CT molecular complexity index is 567. The first-order chi connectivity index (χ1) is 8.57. The van der Waals surface area contributed by atoms with Crippen LogP contribution in [0.3, 0.4) is 0 Å². The molecule has 0 spiro atoms. The summed E-state index contributed by atoms with van der Waals surface area (Å²) < 4.78 is 28.1. The molecule has 1 fully saturated rings. The second kappa shape index (κ2) is 3.93. The number of nitrogens with zero attached hydrogens (tertiary/aromatic N) is 2. The van der Waals surface area contributed by atoms with Crippen LogP contribution in [0.1, 0.15) is 31.7 Å². The van der Waals surface area contributed by atoms with Crippen LogP contribution < -0.4 is 5.73 Å². The zero-order valence-electron chi connectivity index (χ0n) is 9.94. The zero-order chi connectivity index (χ0) is 12.8. The molecule has 1 aromatic carbocycles. The maximum Gasteiger partial charge on any atom is 0.248 e. The van der Waals surface area contributed by atoms with Crippen LogP contribution in [0.5, 0.6) is 0 Å². The molecule has 0 saturated heterocycles. The zero-order valence-corrected chi connectivity index (χ0v) is 9.94. The first-order valence-electron chi connectivity index (χ1n) is 6.17. The minimum absolute atomic E-state index is 0.0341. The highest BCUT2D eigenvalue weighted by Crippen LogP contribution is 2.39. The monoisotopic (exact) mass is 251 g/mol. The van der Waals surface area contributed by atoms with Gasteiger partial charge in [0.05, 0.1) is 11.6 Å². The SMILES string of the molecule is Nc1nn(C2CCC(F)(F)CC2)c2ccccc12. The normalized spacial score (nSPS) is 20.3. The summed E-state index contributed by atoms with van der Waals surface area (Å²) in [6.45, 7) is 0. The molecule has 0 unspecified atom stereocenters. The van der Waals surface area contributed by atoms with E-state index in [0.717, 1.165) is 10.9 Å². The number of anilines is 1. The van der Waals surface area contributed by atoms with Crippen molar-refractivity contribution >= 4 is 16.7 Å². The number of halogens is 2. The molecule has 1 aliphatic rings. The van der Waals surface area contributed by atoms with E-state index in [1.165, 1.54) is 0 Å². The minimum Gasteiger partial charge on any atom is -0.382 e. The van der Waals surface area contributed by atoms with Crippen LogP contribution in [0.25, 0.3) is 10.9 Å². The number of hydrogen-bond acceptors (Lipinski definition) is 2. The molecule has 2 N–H and O–H groups in total. The summed E-state index contributed by atoms with van der Waals surface area (Å²) in [5.74, 6) is -2.03. The van der Waals surface area contributed by atoms with E-state index >= 15 is 0 Å². The highest BCUT2D eigenvalue weighted by molar-refractivity contribution is 5.89. The van der Waals surface area contributed by atoms with Crippen LogP contribution >= 0.6 is 0 Å². The van der Waals surface area contributed by atoms with Gasteiger partial charge in [0.2, 0.25) is 5.92 Å². The quantitative estimate of drug-likeness (QED) is 0.844. The lowest BCUT2D eigenvalue weighted by Gasteiger charge is -2.28. The van der Waals surface area contributed by atoms with Gasteiger partial charge in [0.15, 0.2) is 5.82 Å². The highest BCUT2D eigenvalue weighted by atomic mass is 19.3. The van der Waals surface area contributed by atoms with Crippen LogP contribution in [0.15, 0.2) is 24.3 Å². The Hall–Kier alpha value is -1.65. The average molecular weight is 251 g/mol. The Morgan fingerprint density at radius 1 is 1.22 bits per heavy atom. The van der Waals surface area contributed by atoms with Gasteiger partial charge in [-0.2, -0.15) is 5.10 Å². The fourth-order valence-electron chi connectivity index (χ4n) is 2.66. The molecule has 5 heteroatoms. The number of nitrogens with two attached hydrogens (primary N) is 1. The lowest BCUT2D eigenvalue weighted by molar-refractivity contribution is -0.0445. The van der Waals surface area contributed by atoms with Gasteiger partial charge in [0, 0.05) is 18.2 Å². The molecule has 3 rings (SSSR count). The number of para-hydroxylation sites is 1. The predicted molar refractivity (Wildman–Crippen MR) is 66.6 cm³/mol. The Labute approximate surface area is 104 Å². The Morgan fingerprint density at radius 3 is 2.61 bits per heavy atom. The summed E-state index contributed by atoms with van der Waals surface area (Å²) in [7, 11) is 0. The van der Waals surface area contributed by atoms with Crippen LogP contribution in [0, 0.1) is 0 Å². The molecular weight excluding hydrogens is 236 g/mol. The Kier molecular flexibility index (Phi) is 2.50. The molecule has 1 aliphatic carbocycles. The number of nitrogen functional groups attached to an aromatic ring is 1. The van der Waals surface area contributed by atoms with E-state index in [0.29, 0.717) is 18.7 Å². The van der Waals surface area contributed by atoms with Crippen LogP contribution in [-0.4, -0.2) is 15.7 Å². The Balaban J connectivity index is 1.96. The largest absolute Gasteiger partial charge is 0.382 e. The second-order valence-corrected chi connectivity index (χ2v) is 4.93. The molecule has 0 bridgehead atoms. The van der Waals surface area contributed by atoms with Gasteiger partial charge in [-0.05, 0) is 25.0 Å². The van der Waals surface area contributed by atoms with E-state index < -0.39 is 5.92 Å². The number of rotatable bonds is 1. The van der Waals surface area contributed by atoms with Crippen LogP contribution in [0.4, 0.5) is 14.6 Å². The van der Waals surface area contributed by atoms with Gasteiger partial charge in [-0.25, -0.2) is 8.78 Å². The van der Waals surface area contributed by atoms with E-state index in [1.807, 2.05) is 28.9 Å². The predicted octanol–water partition coefficient (Wildman–Crippen LogP) is 3.37. The van der Waals surface area contributed by atoms with Gasteiger partial charge in [-0.3, -0.25) is 4.68 Å². The Morgan fingerprint density at radius 2 is 1.89 bits per heavy atom. The van der Waals surface area contributed by atoms with E-state index in [4.69, 9.17) is 5.73 Å². The van der Waals surface area contributed by atoms with Crippen molar-refractivity contribution in [2.24, 2.45) is 0 Å². The average Bonchev–Trinajstić information content (AvgIpc) is 2.68. The van der Waals surface area contributed by atoms with Gasteiger partial charge in [-0.15, -0.1) is 0 Å². The van der Waals surface area contributed by atoms with Crippen LogP contribution in [-0.2, 0) is 0 Å². The molecule has 1 saturated carbocycles. The van der Waals surface area contributed by atoms with Gasteiger partial charge in [0.1, 0.15) is 0 Å². The summed E-state index contributed by atoms with van der Waals surface area (Å²) in [5, 5.41) is 5.21. The third-order valence-electron chi connectivity index (χ3n) is 3.67. The van der Waals surface area contributed by atoms with Gasteiger partial charge < -0.3 is 5.73 Å². The summed E-state index contributed by atoms with van der Waals surface area (Å²) >= 11 is 0. The van der Waals surface area contributed by atoms with Crippen molar-refractivity contribution < 1.29 is 8.78 Å². The van der Waals surface area contributed by atoms with Crippen LogP contribution in [0.2, 0.25) is 0 Å². The molecule has 2 aromatic rings. The van der Waals surface area contributed by atoms with Crippen molar-refractivity contribution in [2.45, 2.75) is 37.6 Å². The molecule has 18 heavy (non-hydrogen) atoms. The molecule has 0 radical (unpaired) electrons. The number of benzene rings is 1. The molecule has 3 nitrogen and oxygen atoms in total. The standard InChI is InChI=1S/C13H15F2N3/c14-13(15)7-5-9(6-8-13)18-11-4-2-1-3-10(11)12(16)17-18/h1-4,9H,5-8H2,(H2,16,17). The summed E-state index contributed by atoms with van der Waals surface area (Å²) in [5.41, 5.74) is 6.79. The summed E-state index contributed by atoms with van der Waals surface area (Å²) in [4.78, 5) is 0. The number of fused-ring (bicyclic) bond motifs is 1. The van der Waals surface area contributed by atoms with E-state index in [9.17, 15) is 8.78 Å². The lowest BCUT2D eigenvalue weighted by Crippen LogP contribution is -2.26. The third kappa shape index (κ3) is 1.83. The minimum atomic E-state index is -2.51. The molecule has 0 aliphatic heterocycles. The van der Waals surface area contributed by atoms with E-state index in [2.05, 4.69) is 5.10 Å². The van der Waals surface area contributed by atoms with Crippen molar-refractivity contribution in [3.63, 3.8) is 0 Å². The van der Waals surface area contributed by atoms with Crippen molar-refractivity contribution in [3.05, 3.63) is 24.3 Å². The number of alkyl halides is 2. The maximum absolute atomic E-state index is 13.2. The highest BCUT2D eigenvalue weighted by Gasteiger charge is 2.36. The first kappa shape index (κ1) is 11.4. The molecule has 1 heterocycles. The second-order valence-electron chi connectivity index (χ2n) is 4.93. The molecular formula is C13H15F2N3. The number of aromatic nitrogens is 2. The third-order valence-corrected chi connectivity index (χ3v) is 3.67. The topological polar surface area (TPSA) is 43.8 Å². The fourth-order valence-corrected chi connectivity index (χ4v) is 2.66. The van der Waals surface area contributed by atoms with Crippen molar-refractivity contribution in [2.75, 3.05) is 5.73 Å². The number of hydrogen-bond donors (Lipinski definition) is 1. The fraction of sp³-hybridized carbons (Fsp3) is 0.462. The van der Waals surface area contributed by atoms with Gasteiger partial charge in [-0.1, -0.05) is 12.1 Å². The molecule has 1 aromatic heterocycles. The van der Waals surface area contributed by atoms with E-state index in [1.54, 1.807) is 0 Å². The van der Waals surface area contributed by atoms with Crippen molar-refractivity contribution in [1.29, 1.82) is 0 Å². The van der Waals surface area contributed by atoms with Gasteiger partial charge in [0.25, 0.3) is 0 Å². The molecule has 0 atom stereocenters. The first-order valence-corrected chi connectivity index (χ1v) is 6.17. The molecule has 0 amide bonds. The lowest BCUT2D eigenvalue weighted by atomic mass is 9.92. The maximum atomic E-state index is 13.2. The summed E-state index contributed by atoms with van der Waals surface area (Å²) in [6, 6.07) is 7.69. The van der Waals surface area contributed by atoms with Crippen molar-refractivity contribution in [1.82, 2.24) is 9.78 Å².